The predicted molar refractivity (Wildman–Crippen MR) is 108 cm³/mol. The summed E-state index contributed by atoms with van der Waals surface area (Å²) in [5.41, 5.74) is -1.53. The number of ether oxygens (including phenoxy) is 1. The second kappa shape index (κ2) is 10.2. The van der Waals surface area contributed by atoms with E-state index >= 15 is 0 Å². The highest BCUT2D eigenvalue weighted by molar-refractivity contribution is 5.96. The summed E-state index contributed by atoms with van der Waals surface area (Å²) in [6.45, 7) is 7.38. The van der Waals surface area contributed by atoms with Crippen molar-refractivity contribution in [1.29, 1.82) is 0 Å². The SMILES string of the molecule is CC(C)(C)OC(=O)N1CCCC1.O=C(NC1CCCC1)c1ccccc1C(F)(F)F. The number of likely N-dealkylation sites (tertiary alicyclic amines) is 1. The highest BCUT2D eigenvalue weighted by Gasteiger charge is 2.35. The third kappa shape index (κ3) is 7.54. The lowest BCUT2D eigenvalue weighted by atomic mass is 10.1. The van der Waals surface area contributed by atoms with Gasteiger partial charge in [-0.2, -0.15) is 13.2 Å². The van der Waals surface area contributed by atoms with Crippen molar-refractivity contribution in [3.8, 4) is 0 Å². The van der Waals surface area contributed by atoms with E-state index in [4.69, 9.17) is 4.74 Å². The maximum absolute atomic E-state index is 12.7. The van der Waals surface area contributed by atoms with E-state index in [0.29, 0.717) is 0 Å². The van der Waals surface area contributed by atoms with Crippen molar-refractivity contribution in [1.82, 2.24) is 10.2 Å². The summed E-state index contributed by atoms with van der Waals surface area (Å²) in [5.74, 6) is -0.630. The monoisotopic (exact) mass is 428 g/mol. The minimum absolute atomic E-state index is 0.0128. The summed E-state index contributed by atoms with van der Waals surface area (Å²) in [7, 11) is 0. The summed E-state index contributed by atoms with van der Waals surface area (Å²) in [5, 5.41) is 2.67. The smallest absolute Gasteiger partial charge is 0.417 e. The Balaban J connectivity index is 0.000000232. The van der Waals surface area contributed by atoms with Gasteiger partial charge in [0.25, 0.3) is 5.91 Å². The van der Waals surface area contributed by atoms with Crippen molar-refractivity contribution in [2.24, 2.45) is 0 Å². The molecular formula is C22H31F3N2O3. The Kier molecular flexibility index (Phi) is 8.15. The van der Waals surface area contributed by atoms with E-state index in [9.17, 15) is 22.8 Å². The average Bonchev–Trinajstić information content (AvgIpc) is 3.34. The molecular weight excluding hydrogens is 397 g/mol. The molecule has 1 aromatic carbocycles. The molecule has 8 heteroatoms. The summed E-state index contributed by atoms with van der Waals surface area (Å²) in [4.78, 5) is 25.0. The number of nitrogens with zero attached hydrogens (tertiary/aromatic N) is 1. The lowest BCUT2D eigenvalue weighted by Crippen LogP contribution is -2.34. The zero-order valence-electron chi connectivity index (χ0n) is 17.8. The molecule has 1 aliphatic heterocycles. The Morgan fingerprint density at radius 2 is 1.57 bits per heavy atom. The molecule has 0 aromatic heterocycles. The summed E-state index contributed by atoms with van der Waals surface area (Å²) in [6, 6.07) is 4.89. The van der Waals surface area contributed by atoms with Gasteiger partial charge >= 0.3 is 12.3 Å². The molecule has 0 bridgehead atoms. The largest absolute Gasteiger partial charge is 0.444 e. The molecule has 1 N–H and O–H groups in total. The maximum atomic E-state index is 12.7. The second-order valence-corrected chi connectivity index (χ2v) is 8.67. The summed E-state index contributed by atoms with van der Waals surface area (Å²) >= 11 is 0. The van der Waals surface area contributed by atoms with Crippen molar-refractivity contribution < 1.29 is 27.5 Å². The van der Waals surface area contributed by atoms with Crippen LogP contribution in [0.3, 0.4) is 0 Å². The molecule has 1 saturated heterocycles. The fourth-order valence-corrected chi connectivity index (χ4v) is 3.49. The van der Waals surface area contributed by atoms with E-state index < -0.39 is 17.6 Å². The van der Waals surface area contributed by atoms with Gasteiger partial charge in [0, 0.05) is 19.1 Å². The first-order chi connectivity index (χ1) is 14.0. The van der Waals surface area contributed by atoms with Crippen LogP contribution in [0.5, 0.6) is 0 Å². The minimum atomic E-state index is -4.50. The third-order valence-electron chi connectivity index (χ3n) is 4.93. The molecule has 2 aliphatic rings. The predicted octanol–water partition coefficient (Wildman–Crippen LogP) is 5.40. The first-order valence-electron chi connectivity index (χ1n) is 10.4. The Morgan fingerprint density at radius 1 is 1.00 bits per heavy atom. The van der Waals surface area contributed by atoms with Crippen LogP contribution >= 0.6 is 0 Å². The highest BCUT2D eigenvalue weighted by Crippen LogP contribution is 2.32. The van der Waals surface area contributed by atoms with Crippen LogP contribution in [0.25, 0.3) is 0 Å². The molecule has 2 fully saturated rings. The van der Waals surface area contributed by atoms with Crippen molar-refractivity contribution >= 4 is 12.0 Å². The normalized spacial score (nSPS) is 17.3. The average molecular weight is 428 g/mol. The zero-order chi connectivity index (χ0) is 22.4. The molecule has 3 rings (SSSR count). The first-order valence-corrected chi connectivity index (χ1v) is 10.4. The summed E-state index contributed by atoms with van der Waals surface area (Å²) < 4.78 is 43.4. The number of halogens is 3. The van der Waals surface area contributed by atoms with Gasteiger partial charge in [0.15, 0.2) is 0 Å². The van der Waals surface area contributed by atoms with Crippen LogP contribution in [0.4, 0.5) is 18.0 Å². The van der Waals surface area contributed by atoms with Crippen molar-refractivity contribution in [2.75, 3.05) is 13.1 Å². The number of amides is 2. The Hall–Kier alpha value is -2.25. The van der Waals surface area contributed by atoms with E-state index in [1.807, 2.05) is 20.8 Å². The number of alkyl halides is 3. The molecule has 30 heavy (non-hydrogen) atoms. The number of carbonyl (C=O) groups excluding carboxylic acids is 2. The minimum Gasteiger partial charge on any atom is -0.444 e. The Bertz CT molecular complexity index is 717. The van der Waals surface area contributed by atoms with Gasteiger partial charge in [-0.05, 0) is 58.6 Å². The van der Waals surface area contributed by atoms with E-state index in [1.165, 1.54) is 18.2 Å². The molecule has 1 aliphatic carbocycles. The summed E-state index contributed by atoms with van der Waals surface area (Å²) in [6.07, 6.45) is 1.29. The fourth-order valence-electron chi connectivity index (χ4n) is 3.49. The van der Waals surface area contributed by atoms with E-state index in [0.717, 1.165) is 57.7 Å². The molecule has 168 valence electrons. The van der Waals surface area contributed by atoms with Crippen LogP contribution in [0.1, 0.15) is 75.2 Å². The number of nitrogens with one attached hydrogen (secondary N) is 1. The van der Waals surface area contributed by atoms with Crippen LogP contribution in [0.15, 0.2) is 24.3 Å². The number of carbonyl (C=O) groups is 2. The van der Waals surface area contributed by atoms with E-state index in [1.54, 1.807) is 4.90 Å². The van der Waals surface area contributed by atoms with Gasteiger partial charge in [-0.15, -0.1) is 0 Å². The van der Waals surface area contributed by atoms with E-state index in [2.05, 4.69) is 5.32 Å². The van der Waals surface area contributed by atoms with Crippen molar-refractivity contribution in [2.45, 2.75) is 77.1 Å². The van der Waals surface area contributed by atoms with Gasteiger partial charge in [-0.3, -0.25) is 4.79 Å². The molecule has 0 spiro atoms. The van der Waals surface area contributed by atoms with Crippen LogP contribution in [-0.2, 0) is 10.9 Å². The van der Waals surface area contributed by atoms with Crippen LogP contribution < -0.4 is 5.32 Å². The zero-order valence-corrected chi connectivity index (χ0v) is 17.8. The molecule has 0 atom stereocenters. The molecule has 0 radical (unpaired) electrons. The quantitative estimate of drug-likeness (QED) is 0.687. The molecule has 2 amide bonds. The maximum Gasteiger partial charge on any atom is 0.417 e. The topological polar surface area (TPSA) is 58.6 Å². The number of benzene rings is 1. The standard InChI is InChI=1S/C13H14F3NO.C9H17NO2/c14-13(15,16)11-8-4-3-7-10(11)12(18)17-9-5-1-2-6-9;1-9(2,3)12-8(11)10-6-4-5-7-10/h3-4,7-9H,1-2,5-6H2,(H,17,18);4-7H2,1-3H3. The Labute approximate surface area is 176 Å². The first kappa shape index (κ1) is 24.0. The van der Waals surface area contributed by atoms with Gasteiger partial charge in [0.1, 0.15) is 5.60 Å². The van der Waals surface area contributed by atoms with Gasteiger partial charge in [0.2, 0.25) is 0 Å². The van der Waals surface area contributed by atoms with Gasteiger partial charge in [-0.25, -0.2) is 4.79 Å². The number of hydrogen-bond acceptors (Lipinski definition) is 3. The van der Waals surface area contributed by atoms with Crippen molar-refractivity contribution in [3.63, 3.8) is 0 Å². The fraction of sp³-hybridized carbons (Fsp3) is 0.636. The third-order valence-corrected chi connectivity index (χ3v) is 4.93. The van der Waals surface area contributed by atoms with Gasteiger partial charge < -0.3 is 15.0 Å². The van der Waals surface area contributed by atoms with Gasteiger partial charge in [0.05, 0.1) is 11.1 Å². The van der Waals surface area contributed by atoms with Crippen LogP contribution in [0, 0.1) is 0 Å². The highest BCUT2D eigenvalue weighted by atomic mass is 19.4. The molecule has 1 aromatic rings. The number of rotatable bonds is 2. The van der Waals surface area contributed by atoms with E-state index in [-0.39, 0.29) is 23.3 Å². The van der Waals surface area contributed by atoms with Gasteiger partial charge in [-0.1, -0.05) is 25.0 Å². The lowest BCUT2D eigenvalue weighted by molar-refractivity contribution is -0.137. The lowest BCUT2D eigenvalue weighted by Gasteiger charge is -2.23. The molecule has 5 nitrogen and oxygen atoms in total. The molecule has 0 unspecified atom stereocenters. The molecule has 1 saturated carbocycles. The van der Waals surface area contributed by atoms with Crippen LogP contribution in [0.2, 0.25) is 0 Å². The Morgan fingerprint density at radius 3 is 2.10 bits per heavy atom. The second-order valence-electron chi connectivity index (χ2n) is 8.67. The number of hydrogen-bond donors (Lipinski definition) is 1. The van der Waals surface area contributed by atoms with Crippen molar-refractivity contribution in [3.05, 3.63) is 35.4 Å². The molecule has 1 heterocycles. The van der Waals surface area contributed by atoms with Crippen LogP contribution in [-0.4, -0.2) is 41.6 Å².